The molecule has 0 aliphatic carbocycles. The SMILES string of the molecule is Cc1c(Cc2ccccc2)c(N2CCC(F)CC2)n2c(nc3ccccc32)c1C#N. The van der Waals surface area contributed by atoms with Crippen LogP contribution in [0.1, 0.15) is 35.1 Å². The average molecular weight is 398 g/mol. The summed E-state index contributed by atoms with van der Waals surface area (Å²) in [6.45, 7) is 3.34. The number of hydrogen-bond acceptors (Lipinski definition) is 3. The Morgan fingerprint density at radius 3 is 2.50 bits per heavy atom. The molecule has 4 nitrogen and oxygen atoms in total. The number of alkyl halides is 1. The lowest BCUT2D eigenvalue weighted by atomic mass is 9.96. The highest BCUT2D eigenvalue weighted by Gasteiger charge is 2.27. The van der Waals surface area contributed by atoms with Gasteiger partial charge in [0.05, 0.1) is 16.6 Å². The molecule has 0 N–H and O–H groups in total. The normalized spacial score (nSPS) is 15.0. The van der Waals surface area contributed by atoms with Gasteiger partial charge in [0, 0.05) is 25.1 Å². The van der Waals surface area contributed by atoms with Crippen LogP contribution in [0.15, 0.2) is 54.6 Å². The predicted molar refractivity (Wildman–Crippen MR) is 118 cm³/mol. The molecule has 0 amide bonds. The van der Waals surface area contributed by atoms with E-state index >= 15 is 0 Å². The minimum Gasteiger partial charge on any atom is -0.357 e. The van der Waals surface area contributed by atoms with Gasteiger partial charge < -0.3 is 4.90 Å². The van der Waals surface area contributed by atoms with Crippen molar-refractivity contribution in [2.24, 2.45) is 0 Å². The Balaban J connectivity index is 1.84. The first-order chi connectivity index (χ1) is 14.7. The minimum atomic E-state index is -0.742. The van der Waals surface area contributed by atoms with E-state index in [2.05, 4.69) is 27.5 Å². The molecule has 0 bridgehead atoms. The van der Waals surface area contributed by atoms with Crippen LogP contribution in [0.4, 0.5) is 10.2 Å². The zero-order chi connectivity index (χ0) is 20.7. The van der Waals surface area contributed by atoms with Crippen LogP contribution < -0.4 is 4.90 Å². The van der Waals surface area contributed by atoms with Crippen molar-refractivity contribution in [3.8, 4) is 6.07 Å². The highest BCUT2D eigenvalue weighted by Crippen LogP contribution is 2.36. The third-order valence-corrected chi connectivity index (χ3v) is 6.15. The number of pyridine rings is 1. The molecule has 30 heavy (non-hydrogen) atoms. The second-order valence-electron chi connectivity index (χ2n) is 8.00. The van der Waals surface area contributed by atoms with Crippen molar-refractivity contribution in [2.45, 2.75) is 32.4 Å². The number of imidazole rings is 1. The number of hydrogen-bond donors (Lipinski definition) is 0. The highest BCUT2D eigenvalue weighted by atomic mass is 19.1. The molecule has 150 valence electrons. The summed E-state index contributed by atoms with van der Waals surface area (Å²) in [5, 5.41) is 10.0. The van der Waals surface area contributed by atoms with Crippen molar-refractivity contribution in [1.82, 2.24) is 9.38 Å². The number of piperidine rings is 1. The number of rotatable bonds is 3. The average Bonchev–Trinajstić information content (AvgIpc) is 3.15. The van der Waals surface area contributed by atoms with Gasteiger partial charge in [-0.25, -0.2) is 9.37 Å². The van der Waals surface area contributed by atoms with Gasteiger partial charge in [-0.2, -0.15) is 5.26 Å². The summed E-state index contributed by atoms with van der Waals surface area (Å²) in [5.41, 5.74) is 6.41. The Hall–Kier alpha value is -3.39. The molecule has 4 aromatic rings. The van der Waals surface area contributed by atoms with E-state index in [4.69, 9.17) is 4.98 Å². The van der Waals surface area contributed by atoms with Crippen molar-refractivity contribution in [1.29, 1.82) is 5.26 Å². The Kier molecular flexibility index (Phi) is 4.63. The summed E-state index contributed by atoms with van der Waals surface area (Å²) in [4.78, 5) is 7.09. The number of aromatic nitrogens is 2. The predicted octanol–water partition coefficient (Wildman–Crippen LogP) is 5.20. The first-order valence-corrected chi connectivity index (χ1v) is 10.4. The molecule has 0 unspecified atom stereocenters. The monoisotopic (exact) mass is 398 g/mol. The van der Waals surface area contributed by atoms with Gasteiger partial charge in [0.15, 0.2) is 5.65 Å². The number of anilines is 1. The quantitative estimate of drug-likeness (QED) is 0.477. The first-order valence-electron chi connectivity index (χ1n) is 10.4. The number of halogens is 1. The molecular weight excluding hydrogens is 375 g/mol. The van der Waals surface area contributed by atoms with Crippen molar-refractivity contribution in [3.63, 3.8) is 0 Å². The number of para-hydroxylation sites is 2. The van der Waals surface area contributed by atoms with Crippen LogP contribution >= 0.6 is 0 Å². The van der Waals surface area contributed by atoms with Gasteiger partial charge in [-0.15, -0.1) is 0 Å². The van der Waals surface area contributed by atoms with Gasteiger partial charge in [-0.1, -0.05) is 42.5 Å². The van der Waals surface area contributed by atoms with Crippen molar-refractivity contribution in [3.05, 3.63) is 76.9 Å². The minimum absolute atomic E-state index is 0.526. The second-order valence-corrected chi connectivity index (χ2v) is 8.00. The smallest absolute Gasteiger partial charge is 0.157 e. The van der Waals surface area contributed by atoms with E-state index in [1.54, 1.807) is 0 Å². The zero-order valence-electron chi connectivity index (χ0n) is 17.0. The molecular formula is C25H23FN4. The molecule has 2 aromatic heterocycles. The van der Waals surface area contributed by atoms with E-state index < -0.39 is 6.17 Å². The van der Waals surface area contributed by atoms with E-state index in [-0.39, 0.29) is 0 Å². The van der Waals surface area contributed by atoms with Crippen LogP contribution in [0.25, 0.3) is 16.7 Å². The maximum Gasteiger partial charge on any atom is 0.157 e. The Morgan fingerprint density at radius 2 is 1.77 bits per heavy atom. The molecule has 3 heterocycles. The largest absolute Gasteiger partial charge is 0.357 e. The van der Waals surface area contributed by atoms with Crippen LogP contribution in [0, 0.1) is 18.3 Å². The fraction of sp³-hybridized carbons (Fsp3) is 0.280. The van der Waals surface area contributed by atoms with E-state index in [1.807, 2.05) is 49.4 Å². The fourth-order valence-electron chi connectivity index (χ4n) is 4.57. The Morgan fingerprint density at radius 1 is 1.07 bits per heavy atom. The van der Waals surface area contributed by atoms with Gasteiger partial charge in [0.25, 0.3) is 0 Å². The van der Waals surface area contributed by atoms with Crippen LogP contribution in [-0.2, 0) is 6.42 Å². The van der Waals surface area contributed by atoms with Crippen molar-refractivity contribution in [2.75, 3.05) is 18.0 Å². The third-order valence-electron chi connectivity index (χ3n) is 6.15. The summed E-state index contributed by atoms with van der Waals surface area (Å²) >= 11 is 0. The standard InChI is InChI=1S/C25H23FN4/c1-17-20(15-18-7-3-2-4-8-18)25(29-13-11-19(26)12-14-29)30-23-10-6-5-9-22(23)28-24(30)21(17)16-27/h2-10,19H,11-15H2,1H3. The summed E-state index contributed by atoms with van der Waals surface area (Å²) in [6.07, 6.45) is 1.03. The highest BCUT2D eigenvalue weighted by molar-refractivity contribution is 5.86. The Labute approximate surface area is 175 Å². The maximum absolute atomic E-state index is 13.9. The van der Waals surface area contributed by atoms with Gasteiger partial charge in [-0.05, 0) is 43.0 Å². The molecule has 1 aliphatic heterocycles. The lowest BCUT2D eigenvalue weighted by Crippen LogP contribution is -2.36. The molecule has 0 atom stereocenters. The van der Waals surface area contributed by atoms with Crippen LogP contribution in [0.3, 0.4) is 0 Å². The van der Waals surface area contributed by atoms with Gasteiger partial charge in [0.1, 0.15) is 18.1 Å². The van der Waals surface area contributed by atoms with Crippen LogP contribution in [-0.4, -0.2) is 28.6 Å². The lowest BCUT2D eigenvalue weighted by Gasteiger charge is -2.33. The van der Waals surface area contributed by atoms with Crippen LogP contribution in [0.2, 0.25) is 0 Å². The summed E-state index contributed by atoms with van der Waals surface area (Å²) in [7, 11) is 0. The molecule has 1 saturated heterocycles. The molecule has 1 aliphatic rings. The molecule has 1 fully saturated rings. The molecule has 0 radical (unpaired) electrons. The van der Waals surface area contributed by atoms with Crippen molar-refractivity contribution < 1.29 is 4.39 Å². The summed E-state index contributed by atoms with van der Waals surface area (Å²) in [5.74, 6) is 1.05. The van der Waals surface area contributed by atoms with Gasteiger partial charge >= 0.3 is 0 Å². The van der Waals surface area contributed by atoms with Gasteiger partial charge in [-0.3, -0.25) is 4.40 Å². The lowest BCUT2D eigenvalue weighted by molar-refractivity contribution is 0.276. The van der Waals surface area contributed by atoms with Crippen molar-refractivity contribution >= 4 is 22.5 Å². The second kappa shape index (κ2) is 7.46. The van der Waals surface area contributed by atoms with E-state index in [1.165, 1.54) is 5.56 Å². The number of nitrogens with zero attached hydrogens (tertiary/aromatic N) is 4. The summed E-state index contributed by atoms with van der Waals surface area (Å²) in [6, 6.07) is 20.7. The fourth-order valence-corrected chi connectivity index (χ4v) is 4.57. The maximum atomic E-state index is 13.9. The third kappa shape index (κ3) is 3.00. The summed E-state index contributed by atoms with van der Waals surface area (Å²) < 4.78 is 16.1. The van der Waals surface area contributed by atoms with Crippen LogP contribution in [0.5, 0.6) is 0 Å². The van der Waals surface area contributed by atoms with Gasteiger partial charge in [0.2, 0.25) is 0 Å². The molecule has 5 rings (SSSR count). The Bertz CT molecular complexity index is 1260. The van der Waals surface area contributed by atoms with E-state index in [0.29, 0.717) is 43.6 Å². The van der Waals surface area contributed by atoms with E-state index in [9.17, 15) is 9.65 Å². The topological polar surface area (TPSA) is 44.3 Å². The molecule has 0 spiro atoms. The molecule has 0 saturated carbocycles. The number of fused-ring (bicyclic) bond motifs is 3. The molecule has 5 heteroatoms. The first kappa shape index (κ1) is 18.6. The number of nitriles is 1. The zero-order valence-corrected chi connectivity index (χ0v) is 17.0. The number of benzene rings is 2. The molecule has 2 aromatic carbocycles. The van der Waals surface area contributed by atoms with E-state index in [0.717, 1.165) is 28.0 Å².